The minimum absolute atomic E-state index is 0.0363. The number of carbonyl (C=O) groups excluding carboxylic acids is 1. The number of amides is 1. The highest BCUT2D eigenvalue weighted by molar-refractivity contribution is 7.89. The first kappa shape index (κ1) is 26.7. The number of furan rings is 1. The zero-order chi connectivity index (χ0) is 26.4. The molecule has 0 bridgehead atoms. The molecule has 1 amide bonds. The third kappa shape index (κ3) is 6.88. The van der Waals surface area contributed by atoms with E-state index in [1.165, 1.54) is 12.1 Å². The fourth-order valence-corrected chi connectivity index (χ4v) is 5.43. The number of hydrogen-bond donors (Lipinski definition) is 3. The molecule has 0 aliphatic rings. The molecule has 0 spiro atoms. The van der Waals surface area contributed by atoms with Crippen molar-refractivity contribution >= 4 is 55.4 Å². The Morgan fingerprint density at radius 3 is 2.43 bits per heavy atom. The zero-order valence-corrected chi connectivity index (χ0v) is 21.5. The van der Waals surface area contributed by atoms with Crippen LogP contribution >= 0.6 is 11.6 Å². The predicted octanol–water partition coefficient (Wildman–Crippen LogP) is 4.89. The summed E-state index contributed by atoms with van der Waals surface area (Å²) in [5.41, 5.74) is 2.20. The van der Waals surface area contributed by atoms with Crippen LogP contribution in [0.15, 0.2) is 76.0 Å². The molecule has 4 aromatic rings. The third-order valence-corrected chi connectivity index (χ3v) is 7.77. The number of aryl methyl sites for hydroxylation is 1. The van der Waals surface area contributed by atoms with Crippen molar-refractivity contribution in [3.8, 4) is 0 Å². The number of fused-ring (bicyclic) bond motifs is 3. The van der Waals surface area contributed by atoms with Crippen molar-refractivity contribution in [1.82, 2.24) is 10.0 Å². The normalized spacial score (nSPS) is 12.6. The standard InChI is InChI=1S/C27H27ClN2O6S/c28-19-11-8-18(9-12-19)10-15-26(31)29-16-4-3-6-23(27(32)33)30-37(34,35)20-13-14-25-22(17-20)21-5-1-2-7-24(21)36-25/h1-2,5,7-9,11-14,17,23,30H,3-4,6,10,15-16H2,(H,29,31)(H,32,33). The van der Waals surface area contributed by atoms with Crippen LogP contribution < -0.4 is 10.0 Å². The number of sulfonamides is 1. The quantitative estimate of drug-likeness (QED) is 0.219. The molecule has 1 unspecified atom stereocenters. The summed E-state index contributed by atoms with van der Waals surface area (Å²) in [6, 6.07) is 17.7. The van der Waals surface area contributed by atoms with Gasteiger partial charge in [-0.05, 0) is 67.6 Å². The fraction of sp³-hybridized carbons (Fsp3) is 0.259. The molecule has 0 aliphatic heterocycles. The molecule has 1 aromatic heterocycles. The van der Waals surface area contributed by atoms with Crippen LogP contribution in [0.5, 0.6) is 0 Å². The topological polar surface area (TPSA) is 126 Å². The van der Waals surface area contributed by atoms with Gasteiger partial charge in [0.1, 0.15) is 17.2 Å². The van der Waals surface area contributed by atoms with E-state index in [1.807, 2.05) is 30.3 Å². The lowest BCUT2D eigenvalue weighted by molar-refractivity contribution is -0.139. The van der Waals surface area contributed by atoms with Crippen LogP contribution in [0.1, 0.15) is 31.2 Å². The van der Waals surface area contributed by atoms with Crippen molar-refractivity contribution in [2.45, 2.75) is 43.0 Å². The van der Waals surface area contributed by atoms with Crippen LogP contribution in [0.3, 0.4) is 0 Å². The fourth-order valence-electron chi connectivity index (χ4n) is 4.06. The van der Waals surface area contributed by atoms with Gasteiger partial charge in [0.15, 0.2) is 0 Å². The number of benzene rings is 3. The second-order valence-electron chi connectivity index (χ2n) is 8.74. The van der Waals surface area contributed by atoms with Crippen molar-refractivity contribution in [2.24, 2.45) is 0 Å². The predicted molar refractivity (Wildman–Crippen MR) is 142 cm³/mol. The number of para-hydroxylation sites is 1. The first-order valence-corrected chi connectivity index (χ1v) is 13.8. The summed E-state index contributed by atoms with van der Waals surface area (Å²) < 4.78 is 34.0. The van der Waals surface area contributed by atoms with Gasteiger partial charge in [-0.25, -0.2) is 8.42 Å². The summed E-state index contributed by atoms with van der Waals surface area (Å²) in [5, 5.41) is 14.4. The van der Waals surface area contributed by atoms with E-state index in [4.69, 9.17) is 16.0 Å². The van der Waals surface area contributed by atoms with Crippen molar-refractivity contribution in [3.05, 3.63) is 77.3 Å². The molecule has 0 aliphatic carbocycles. The number of aliphatic carboxylic acids is 1. The van der Waals surface area contributed by atoms with Crippen molar-refractivity contribution in [3.63, 3.8) is 0 Å². The molecule has 3 aromatic carbocycles. The Bertz CT molecular complexity index is 1520. The molecule has 10 heteroatoms. The summed E-state index contributed by atoms with van der Waals surface area (Å²) in [6.07, 6.45) is 1.95. The van der Waals surface area contributed by atoms with Gasteiger partial charge in [0.2, 0.25) is 15.9 Å². The van der Waals surface area contributed by atoms with E-state index in [2.05, 4.69) is 10.0 Å². The van der Waals surface area contributed by atoms with Gasteiger partial charge in [0, 0.05) is 28.8 Å². The Morgan fingerprint density at radius 2 is 1.68 bits per heavy atom. The first-order chi connectivity index (χ1) is 17.7. The Labute approximate surface area is 219 Å². The highest BCUT2D eigenvalue weighted by Crippen LogP contribution is 2.30. The second-order valence-corrected chi connectivity index (χ2v) is 10.9. The largest absolute Gasteiger partial charge is 0.480 e. The van der Waals surface area contributed by atoms with E-state index < -0.39 is 22.0 Å². The van der Waals surface area contributed by atoms with Gasteiger partial charge < -0.3 is 14.8 Å². The lowest BCUT2D eigenvalue weighted by Gasteiger charge is -2.15. The molecule has 37 heavy (non-hydrogen) atoms. The number of carbonyl (C=O) groups is 2. The van der Waals surface area contributed by atoms with Crippen molar-refractivity contribution in [1.29, 1.82) is 0 Å². The maximum atomic E-state index is 13.0. The average molecular weight is 543 g/mol. The first-order valence-electron chi connectivity index (χ1n) is 11.9. The minimum Gasteiger partial charge on any atom is -0.480 e. The Balaban J connectivity index is 1.28. The highest BCUT2D eigenvalue weighted by atomic mass is 35.5. The number of unbranched alkanes of at least 4 members (excludes halogenated alkanes) is 1. The monoisotopic (exact) mass is 542 g/mol. The Morgan fingerprint density at radius 1 is 0.946 bits per heavy atom. The molecule has 1 atom stereocenters. The smallest absolute Gasteiger partial charge is 0.321 e. The van der Waals surface area contributed by atoms with Gasteiger partial charge in [-0.3, -0.25) is 9.59 Å². The van der Waals surface area contributed by atoms with E-state index in [1.54, 1.807) is 24.3 Å². The van der Waals surface area contributed by atoms with Gasteiger partial charge in [-0.2, -0.15) is 4.72 Å². The summed E-state index contributed by atoms with van der Waals surface area (Å²) >= 11 is 5.86. The number of carboxylic acids is 1. The highest BCUT2D eigenvalue weighted by Gasteiger charge is 2.25. The lowest BCUT2D eigenvalue weighted by atomic mass is 10.1. The maximum absolute atomic E-state index is 13.0. The van der Waals surface area contributed by atoms with Crippen LogP contribution in [0.2, 0.25) is 5.02 Å². The Hall–Kier alpha value is -3.40. The maximum Gasteiger partial charge on any atom is 0.321 e. The van der Waals surface area contributed by atoms with Gasteiger partial charge >= 0.3 is 5.97 Å². The molecule has 0 fully saturated rings. The van der Waals surface area contributed by atoms with E-state index in [-0.39, 0.29) is 17.2 Å². The molecule has 8 nitrogen and oxygen atoms in total. The van der Waals surface area contributed by atoms with E-state index >= 15 is 0 Å². The number of rotatable bonds is 12. The van der Waals surface area contributed by atoms with Crippen LogP contribution in [0.4, 0.5) is 0 Å². The van der Waals surface area contributed by atoms with Gasteiger partial charge in [0.05, 0.1) is 4.90 Å². The van der Waals surface area contributed by atoms with Crippen LogP contribution in [0.25, 0.3) is 21.9 Å². The molecular formula is C27H27ClN2O6S. The summed E-state index contributed by atoms with van der Waals surface area (Å²) in [4.78, 5) is 23.8. The Kier molecular flexibility index (Phi) is 8.48. The molecule has 0 saturated heterocycles. The summed E-state index contributed by atoms with van der Waals surface area (Å²) in [5.74, 6) is -1.36. The molecule has 4 rings (SSSR count). The molecule has 1 heterocycles. The van der Waals surface area contributed by atoms with Gasteiger partial charge in [-0.15, -0.1) is 0 Å². The number of hydrogen-bond acceptors (Lipinski definition) is 5. The van der Waals surface area contributed by atoms with Gasteiger partial charge in [0.25, 0.3) is 0 Å². The number of halogens is 1. The second kappa shape index (κ2) is 11.8. The molecule has 194 valence electrons. The zero-order valence-electron chi connectivity index (χ0n) is 19.9. The lowest BCUT2D eigenvalue weighted by Crippen LogP contribution is -2.40. The van der Waals surface area contributed by atoms with Crippen molar-refractivity contribution < 1.29 is 27.5 Å². The molecule has 3 N–H and O–H groups in total. The number of carboxylic acid groups (broad SMARTS) is 1. The third-order valence-electron chi connectivity index (χ3n) is 6.05. The van der Waals surface area contributed by atoms with E-state index in [0.717, 1.165) is 10.9 Å². The summed E-state index contributed by atoms with van der Waals surface area (Å²) in [7, 11) is -4.09. The minimum atomic E-state index is -4.09. The van der Waals surface area contributed by atoms with Crippen LogP contribution in [-0.4, -0.2) is 38.0 Å². The average Bonchev–Trinajstić information content (AvgIpc) is 3.25. The van der Waals surface area contributed by atoms with E-state index in [9.17, 15) is 23.1 Å². The SMILES string of the molecule is O=C(CCc1ccc(Cl)cc1)NCCCCC(NS(=O)(=O)c1ccc2oc3ccccc3c2c1)C(=O)O. The van der Waals surface area contributed by atoms with Gasteiger partial charge in [-0.1, -0.05) is 41.9 Å². The van der Waals surface area contributed by atoms with Crippen LogP contribution in [-0.2, 0) is 26.0 Å². The number of nitrogens with one attached hydrogen (secondary N) is 2. The molecular weight excluding hydrogens is 516 g/mol. The summed E-state index contributed by atoms with van der Waals surface area (Å²) in [6.45, 7) is 0.378. The molecule has 0 saturated carbocycles. The van der Waals surface area contributed by atoms with Crippen LogP contribution in [0, 0.1) is 0 Å². The van der Waals surface area contributed by atoms with Crippen molar-refractivity contribution in [2.75, 3.05) is 6.54 Å². The van der Waals surface area contributed by atoms with E-state index in [0.29, 0.717) is 53.8 Å². The molecule has 0 radical (unpaired) electrons.